The van der Waals surface area contributed by atoms with Crippen molar-refractivity contribution in [1.29, 1.82) is 0 Å². The lowest BCUT2D eigenvalue weighted by Crippen LogP contribution is -2.34. The Morgan fingerprint density at radius 1 is 1.57 bits per heavy atom. The van der Waals surface area contributed by atoms with Crippen molar-refractivity contribution in [3.63, 3.8) is 0 Å². The monoisotopic (exact) mass is 309 g/mol. The maximum absolute atomic E-state index is 12.1. The van der Waals surface area contributed by atoms with Gasteiger partial charge in [-0.3, -0.25) is 14.5 Å². The Labute approximate surface area is 125 Å². The summed E-state index contributed by atoms with van der Waals surface area (Å²) in [5, 5.41) is 10.5. The highest BCUT2D eigenvalue weighted by Crippen LogP contribution is 2.31. The minimum atomic E-state index is -1.36. The molecule has 0 aliphatic carbocycles. The largest absolute Gasteiger partial charge is 0.545 e. The summed E-state index contributed by atoms with van der Waals surface area (Å²) in [5.41, 5.74) is -0.0851. The minimum Gasteiger partial charge on any atom is -0.545 e. The first-order chi connectivity index (χ1) is 10.0. The number of hydrogen-bond acceptors (Lipinski definition) is 7. The molecule has 0 unspecified atom stereocenters. The summed E-state index contributed by atoms with van der Waals surface area (Å²) in [4.78, 5) is 40.0. The molecule has 0 radical (unpaired) electrons. The van der Waals surface area contributed by atoms with Crippen LogP contribution in [0.3, 0.4) is 0 Å². The van der Waals surface area contributed by atoms with E-state index in [0.717, 1.165) is 16.7 Å². The van der Waals surface area contributed by atoms with Gasteiger partial charge in [0.1, 0.15) is 5.03 Å². The first-order valence-electron chi connectivity index (χ1n) is 6.20. The second kappa shape index (κ2) is 6.68. The van der Waals surface area contributed by atoms with Crippen molar-refractivity contribution in [2.45, 2.75) is 16.7 Å². The van der Waals surface area contributed by atoms with Gasteiger partial charge in [-0.25, -0.2) is 4.98 Å². The number of rotatable bonds is 6. The highest BCUT2D eigenvalue weighted by Gasteiger charge is 2.39. The van der Waals surface area contributed by atoms with Crippen molar-refractivity contribution in [3.05, 3.63) is 23.9 Å². The van der Waals surface area contributed by atoms with Crippen LogP contribution in [-0.4, -0.2) is 53.2 Å². The number of thioether (sulfide) groups is 1. The molecule has 1 aromatic rings. The van der Waals surface area contributed by atoms with Crippen LogP contribution in [0.4, 0.5) is 0 Å². The van der Waals surface area contributed by atoms with Crippen LogP contribution in [0.1, 0.15) is 16.8 Å². The van der Waals surface area contributed by atoms with Crippen molar-refractivity contribution in [3.8, 4) is 0 Å². The third kappa shape index (κ3) is 3.40. The number of ether oxygens (including phenoxy) is 1. The Kier molecular flexibility index (Phi) is 4.92. The van der Waals surface area contributed by atoms with Gasteiger partial charge >= 0.3 is 0 Å². The number of hydrogen-bond donors (Lipinski definition) is 0. The summed E-state index contributed by atoms with van der Waals surface area (Å²) in [5.74, 6) is -2.00. The summed E-state index contributed by atoms with van der Waals surface area (Å²) >= 11 is 0.970. The van der Waals surface area contributed by atoms with E-state index < -0.39 is 11.2 Å². The molecule has 2 amide bonds. The average Bonchev–Trinajstić information content (AvgIpc) is 2.72. The van der Waals surface area contributed by atoms with E-state index in [9.17, 15) is 19.5 Å². The molecule has 1 aromatic heterocycles. The summed E-state index contributed by atoms with van der Waals surface area (Å²) in [6.07, 6.45) is 1.45. The van der Waals surface area contributed by atoms with E-state index >= 15 is 0 Å². The topological polar surface area (TPSA) is 99.6 Å². The fourth-order valence-electron chi connectivity index (χ4n) is 1.94. The molecule has 1 aliphatic rings. The van der Waals surface area contributed by atoms with Crippen molar-refractivity contribution < 1.29 is 24.2 Å². The number of likely N-dealkylation sites (tertiary alicyclic amines) is 1. The molecule has 0 N–H and O–H groups in total. The van der Waals surface area contributed by atoms with Crippen molar-refractivity contribution >= 4 is 29.5 Å². The number of carboxylic acids is 1. The second-order valence-electron chi connectivity index (χ2n) is 4.33. The van der Waals surface area contributed by atoms with Gasteiger partial charge in [0.05, 0.1) is 24.4 Å². The molecule has 0 spiro atoms. The zero-order valence-electron chi connectivity index (χ0n) is 11.3. The highest BCUT2D eigenvalue weighted by atomic mass is 32.2. The lowest BCUT2D eigenvalue weighted by atomic mass is 10.3. The molecule has 1 saturated heterocycles. The van der Waals surface area contributed by atoms with Gasteiger partial charge < -0.3 is 14.6 Å². The van der Waals surface area contributed by atoms with Crippen LogP contribution in [0.5, 0.6) is 0 Å². The number of carboxylic acid groups (broad SMARTS) is 1. The maximum Gasteiger partial charge on any atom is 0.243 e. The molecule has 112 valence electrons. The van der Waals surface area contributed by atoms with Crippen LogP contribution in [0.15, 0.2) is 23.4 Å². The Bertz CT molecular complexity index is 577. The zero-order valence-corrected chi connectivity index (χ0v) is 12.1. The van der Waals surface area contributed by atoms with Gasteiger partial charge in [0.15, 0.2) is 0 Å². The normalized spacial score (nSPS) is 18.3. The zero-order chi connectivity index (χ0) is 15.4. The molecule has 1 atom stereocenters. The number of aromatic nitrogens is 1. The van der Waals surface area contributed by atoms with Gasteiger partial charge in [0.2, 0.25) is 11.8 Å². The summed E-state index contributed by atoms with van der Waals surface area (Å²) in [6, 6.07) is 2.83. The van der Waals surface area contributed by atoms with Gasteiger partial charge in [-0.15, -0.1) is 0 Å². The molecule has 0 saturated carbocycles. The fraction of sp³-hybridized carbons (Fsp3) is 0.385. The van der Waals surface area contributed by atoms with Gasteiger partial charge in [-0.05, 0) is 12.1 Å². The number of nitrogens with zero attached hydrogens (tertiary/aromatic N) is 2. The summed E-state index contributed by atoms with van der Waals surface area (Å²) < 4.78 is 4.85. The van der Waals surface area contributed by atoms with E-state index in [1.165, 1.54) is 25.4 Å². The molecular formula is C13H13N2O5S-. The predicted molar refractivity (Wildman–Crippen MR) is 71.4 cm³/mol. The van der Waals surface area contributed by atoms with Gasteiger partial charge in [-0.1, -0.05) is 11.8 Å². The van der Waals surface area contributed by atoms with Crippen molar-refractivity contribution in [2.24, 2.45) is 0 Å². The minimum absolute atomic E-state index is 0.0241. The lowest BCUT2D eigenvalue weighted by Gasteiger charge is -2.14. The number of carbonyl (C=O) groups is 3. The maximum atomic E-state index is 12.1. The van der Waals surface area contributed by atoms with Crippen LogP contribution >= 0.6 is 11.8 Å². The number of pyridine rings is 1. The molecule has 2 rings (SSSR count). The van der Waals surface area contributed by atoms with Crippen LogP contribution in [-0.2, 0) is 14.3 Å². The van der Waals surface area contributed by atoms with Crippen LogP contribution in [0.2, 0.25) is 0 Å². The number of amides is 2. The number of aromatic carboxylic acids is 1. The molecule has 21 heavy (non-hydrogen) atoms. The fourth-order valence-corrected chi connectivity index (χ4v) is 3.06. The molecule has 0 aromatic carbocycles. The molecule has 0 bridgehead atoms. The van der Waals surface area contributed by atoms with Gasteiger partial charge in [-0.2, -0.15) is 0 Å². The number of carbonyl (C=O) groups excluding carboxylic acids is 3. The summed E-state index contributed by atoms with van der Waals surface area (Å²) in [7, 11) is 1.48. The van der Waals surface area contributed by atoms with E-state index in [2.05, 4.69) is 4.98 Å². The van der Waals surface area contributed by atoms with Crippen LogP contribution in [0.25, 0.3) is 0 Å². The van der Waals surface area contributed by atoms with Gasteiger partial charge in [0, 0.05) is 25.3 Å². The lowest BCUT2D eigenvalue weighted by molar-refractivity contribution is -0.255. The van der Waals surface area contributed by atoms with Gasteiger partial charge in [0.25, 0.3) is 0 Å². The van der Waals surface area contributed by atoms with Crippen LogP contribution in [0, 0.1) is 0 Å². The molecule has 2 heterocycles. The van der Waals surface area contributed by atoms with Crippen LogP contribution < -0.4 is 5.11 Å². The second-order valence-corrected chi connectivity index (χ2v) is 5.52. The highest BCUT2D eigenvalue weighted by molar-refractivity contribution is 8.00. The molecule has 7 nitrogen and oxygen atoms in total. The van der Waals surface area contributed by atoms with E-state index in [-0.39, 0.29) is 42.0 Å². The molecular weight excluding hydrogens is 296 g/mol. The first-order valence-corrected chi connectivity index (χ1v) is 7.08. The quantitative estimate of drug-likeness (QED) is 0.641. The Morgan fingerprint density at radius 3 is 3.00 bits per heavy atom. The van der Waals surface area contributed by atoms with E-state index in [0.29, 0.717) is 0 Å². The van der Waals surface area contributed by atoms with E-state index in [4.69, 9.17) is 4.74 Å². The molecule has 1 aliphatic heterocycles. The summed E-state index contributed by atoms with van der Waals surface area (Å²) in [6.45, 7) is 0.462. The molecule has 8 heteroatoms. The third-order valence-electron chi connectivity index (χ3n) is 2.97. The molecule has 1 fully saturated rings. The number of methoxy groups -OCH3 is 1. The standard InChI is InChI=1S/C13H14N2O5S/c1-20-6-5-15-10(16)7-9(12(15)17)21-11-8(13(18)19)3-2-4-14-11/h2-4,9H,5-7H2,1H3,(H,18,19)/p-1/t9-/m0/s1. The number of imide groups is 1. The predicted octanol–water partition coefficient (Wildman–Crippen LogP) is -0.689. The Morgan fingerprint density at radius 2 is 2.33 bits per heavy atom. The Balaban J connectivity index is 2.13. The third-order valence-corrected chi connectivity index (χ3v) is 4.17. The van der Waals surface area contributed by atoms with Crippen molar-refractivity contribution in [2.75, 3.05) is 20.3 Å². The average molecular weight is 309 g/mol. The van der Waals surface area contributed by atoms with Crippen molar-refractivity contribution in [1.82, 2.24) is 9.88 Å². The first kappa shape index (κ1) is 15.5. The smallest absolute Gasteiger partial charge is 0.243 e. The SMILES string of the molecule is COCCN1C(=O)C[C@H](Sc2ncccc2C(=O)[O-])C1=O. The Hall–Kier alpha value is -1.93. The van der Waals surface area contributed by atoms with E-state index in [1.54, 1.807) is 0 Å². The van der Waals surface area contributed by atoms with E-state index in [1.807, 2.05) is 0 Å².